The van der Waals surface area contributed by atoms with Crippen LogP contribution in [0.15, 0.2) is 182 Å². The maximum Gasteiger partial charge on any atom is 0.0548 e. The second-order valence-electron chi connectivity index (χ2n) is 13.2. The molecular weight excluding hydrogens is 605 g/mol. The third kappa shape index (κ3) is 4.57. The summed E-state index contributed by atoms with van der Waals surface area (Å²) in [6.45, 7) is 0. The number of benzene rings is 7. The first-order valence-corrected chi connectivity index (χ1v) is 17.5. The topological polar surface area (TPSA) is 9.86 Å². The van der Waals surface area contributed by atoms with E-state index in [9.17, 15) is 0 Å². The van der Waals surface area contributed by atoms with Gasteiger partial charge in [-0.05, 0) is 94.8 Å². The molecule has 1 aliphatic carbocycles. The van der Waals surface area contributed by atoms with Gasteiger partial charge in [0, 0.05) is 32.9 Å². The quantitative estimate of drug-likeness (QED) is 0.178. The van der Waals surface area contributed by atoms with E-state index < -0.39 is 0 Å². The summed E-state index contributed by atoms with van der Waals surface area (Å²) < 4.78 is 4.90. The molecule has 1 aliphatic rings. The first-order valence-electron chi connectivity index (χ1n) is 17.5. The summed E-state index contributed by atoms with van der Waals surface area (Å²) in [7, 11) is 0. The van der Waals surface area contributed by atoms with Crippen LogP contribution in [-0.2, 0) is 0 Å². The van der Waals surface area contributed by atoms with Crippen molar-refractivity contribution in [3.63, 3.8) is 0 Å². The van der Waals surface area contributed by atoms with Crippen LogP contribution in [0.25, 0.3) is 82.8 Å². The average molecular weight is 639 g/mol. The summed E-state index contributed by atoms with van der Waals surface area (Å²) in [5.74, 6) is 0. The Hall–Kier alpha value is -6.38. The Balaban J connectivity index is 1.17. The summed E-state index contributed by atoms with van der Waals surface area (Å²) >= 11 is 0. The standard InChI is InChI=1S/C48H34N2/c1-3-13-33(14-4-1)35-25-27-36(28-26-35)38-18-12-20-40(32-38)50-44-24-10-8-22-42(44)48-46(50)30-29-45-47(48)41-21-7-9-23-43(41)49(45)39-19-11-17-37(31-39)34-15-5-2-6-16-34/h1,3-5,7-32H,2,6H2. The van der Waals surface area contributed by atoms with E-state index in [0.717, 1.165) is 18.5 Å². The number of fused-ring (bicyclic) bond motifs is 7. The number of hydrogen-bond donors (Lipinski definition) is 0. The Morgan fingerprint density at radius 1 is 0.360 bits per heavy atom. The highest BCUT2D eigenvalue weighted by atomic mass is 15.0. The van der Waals surface area contributed by atoms with Crippen LogP contribution >= 0.6 is 0 Å². The van der Waals surface area contributed by atoms with Gasteiger partial charge in [0.25, 0.3) is 0 Å². The van der Waals surface area contributed by atoms with E-state index in [0.29, 0.717) is 0 Å². The van der Waals surface area contributed by atoms with Crippen LogP contribution in [0.5, 0.6) is 0 Å². The summed E-state index contributed by atoms with van der Waals surface area (Å²) in [4.78, 5) is 0. The molecule has 2 heteroatoms. The number of aromatic nitrogens is 2. The molecule has 0 N–H and O–H groups in total. The van der Waals surface area contributed by atoms with Gasteiger partial charge in [0.1, 0.15) is 0 Å². The summed E-state index contributed by atoms with van der Waals surface area (Å²) in [5.41, 5.74) is 14.6. The van der Waals surface area contributed by atoms with Crippen molar-refractivity contribution in [1.29, 1.82) is 0 Å². The molecule has 9 aromatic rings. The van der Waals surface area contributed by atoms with Gasteiger partial charge in [0.2, 0.25) is 0 Å². The molecule has 0 saturated heterocycles. The van der Waals surface area contributed by atoms with E-state index in [1.165, 1.54) is 82.7 Å². The van der Waals surface area contributed by atoms with Gasteiger partial charge in [-0.15, -0.1) is 0 Å². The summed E-state index contributed by atoms with van der Waals surface area (Å²) in [6.07, 6.45) is 9.12. The minimum absolute atomic E-state index is 1.09. The molecule has 0 bridgehead atoms. The Labute approximate surface area is 291 Å². The fourth-order valence-electron chi connectivity index (χ4n) is 8.04. The maximum absolute atomic E-state index is 2.45. The minimum Gasteiger partial charge on any atom is -0.309 e. The van der Waals surface area contributed by atoms with Crippen LogP contribution in [0.3, 0.4) is 0 Å². The van der Waals surface area contributed by atoms with Gasteiger partial charge >= 0.3 is 0 Å². The highest BCUT2D eigenvalue weighted by molar-refractivity contribution is 6.28. The van der Waals surface area contributed by atoms with Crippen molar-refractivity contribution in [3.05, 3.63) is 188 Å². The molecule has 236 valence electrons. The zero-order valence-corrected chi connectivity index (χ0v) is 27.6. The third-order valence-electron chi connectivity index (χ3n) is 10.3. The molecule has 2 nitrogen and oxygen atoms in total. The first kappa shape index (κ1) is 28.6. The van der Waals surface area contributed by atoms with Gasteiger partial charge in [-0.25, -0.2) is 0 Å². The zero-order chi connectivity index (χ0) is 33.0. The summed E-state index contributed by atoms with van der Waals surface area (Å²) in [5, 5.41) is 5.12. The van der Waals surface area contributed by atoms with Crippen LogP contribution in [0.1, 0.15) is 18.4 Å². The Kier molecular flexibility index (Phi) is 6.67. The van der Waals surface area contributed by atoms with Gasteiger partial charge in [-0.3, -0.25) is 0 Å². The molecule has 7 aromatic carbocycles. The predicted molar refractivity (Wildman–Crippen MR) is 212 cm³/mol. The lowest BCUT2D eigenvalue weighted by atomic mass is 9.99. The summed E-state index contributed by atoms with van der Waals surface area (Å²) in [6, 6.07) is 59.9. The zero-order valence-electron chi connectivity index (χ0n) is 27.6. The van der Waals surface area contributed by atoms with E-state index in [1.807, 2.05) is 0 Å². The smallest absolute Gasteiger partial charge is 0.0548 e. The lowest BCUT2D eigenvalue weighted by Crippen LogP contribution is -1.96. The van der Waals surface area contributed by atoms with Crippen molar-refractivity contribution in [2.75, 3.05) is 0 Å². The molecule has 2 heterocycles. The molecule has 0 aliphatic heterocycles. The SMILES string of the molecule is C1=CC(c2cccc(-n3c4ccccc4c4c5c6ccccc6n(-c6cccc(-c7ccc(-c8ccccc8)cc7)c6)c5ccc43)c2)=CCC1. The van der Waals surface area contributed by atoms with Crippen molar-refractivity contribution >= 4 is 49.2 Å². The maximum atomic E-state index is 2.45. The number of allylic oxidation sites excluding steroid dienone is 4. The molecular formula is C48H34N2. The fourth-order valence-corrected chi connectivity index (χ4v) is 8.04. The van der Waals surface area contributed by atoms with Gasteiger partial charge in [-0.2, -0.15) is 0 Å². The molecule has 0 fully saturated rings. The largest absolute Gasteiger partial charge is 0.309 e. The monoisotopic (exact) mass is 638 g/mol. The van der Waals surface area contributed by atoms with Crippen LogP contribution in [0.2, 0.25) is 0 Å². The number of rotatable bonds is 5. The number of hydrogen-bond acceptors (Lipinski definition) is 0. The van der Waals surface area contributed by atoms with Gasteiger partial charge in [-0.1, -0.05) is 133 Å². The van der Waals surface area contributed by atoms with Crippen LogP contribution < -0.4 is 0 Å². The highest BCUT2D eigenvalue weighted by Gasteiger charge is 2.20. The highest BCUT2D eigenvalue weighted by Crippen LogP contribution is 2.43. The van der Waals surface area contributed by atoms with Crippen molar-refractivity contribution in [2.45, 2.75) is 12.8 Å². The molecule has 0 spiro atoms. The van der Waals surface area contributed by atoms with Gasteiger partial charge < -0.3 is 9.13 Å². The van der Waals surface area contributed by atoms with Crippen LogP contribution in [0.4, 0.5) is 0 Å². The predicted octanol–water partition coefficient (Wildman–Crippen LogP) is 12.9. The molecule has 10 rings (SSSR count). The first-order chi connectivity index (χ1) is 24.8. The molecule has 2 aromatic heterocycles. The van der Waals surface area contributed by atoms with E-state index in [1.54, 1.807) is 0 Å². The van der Waals surface area contributed by atoms with Crippen molar-refractivity contribution in [1.82, 2.24) is 9.13 Å². The Morgan fingerprint density at radius 3 is 1.46 bits per heavy atom. The van der Waals surface area contributed by atoms with Gasteiger partial charge in [0.15, 0.2) is 0 Å². The molecule has 0 amide bonds. The van der Waals surface area contributed by atoms with Gasteiger partial charge in [0.05, 0.1) is 22.1 Å². The molecule has 0 radical (unpaired) electrons. The average Bonchev–Trinajstić information content (AvgIpc) is 3.72. The van der Waals surface area contributed by atoms with Crippen LogP contribution in [0, 0.1) is 0 Å². The van der Waals surface area contributed by atoms with E-state index in [2.05, 4.69) is 191 Å². The molecule has 50 heavy (non-hydrogen) atoms. The van der Waals surface area contributed by atoms with Crippen molar-refractivity contribution < 1.29 is 0 Å². The Morgan fingerprint density at radius 2 is 0.860 bits per heavy atom. The normalized spacial score (nSPS) is 13.1. The number of para-hydroxylation sites is 2. The van der Waals surface area contributed by atoms with E-state index in [-0.39, 0.29) is 0 Å². The second-order valence-corrected chi connectivity index (χ2v) is 13.2. The fraction of sp³-hybridized carbons (Fsp3) is 0.0417. The van der Waals surface area contributed by atoms with Crippen molar-refractivity contribution in [2.24, 2.45) is 0 Å². The lowest BCUT2D eigenvalue weighted by molar-refractivity contribution is 1.04. The molecule has 0 unspecified atom stereocenters. The van der Waals surface area contributed by atoms with E-state index >= 15 is 0 Å². The second kappa shape index (κ2) is 11.6. The third-order valence-corrected chi connectivity index (χ3v) is 10.3. The van der Waals surface area contributed by atoms with Crippen molar-refractivity contribution in [3.8, 4) is 33.6 Å². The molecule has 0 saturated carbocycles. The van der Waals surface area contributed by atoms with Crippen LogP contribution in [-0.4, -0.2) is 9.13 Å². The lowest BCUT2D eigenvalue weighted by Gasteiger charge is -2.13. The Bertz CT molecular complexity index is 2790. The van der Waals surface area contributed by atoms with E-state index in [4.69, 9.17) is 0 Å². The molecule has 0 atom stereocenters. The number of nitrogens with zero attached hydrogens (tertiary/aromatic N) is 2. The minimum atomic E-state index is 1.09.